The molecule has 0 amide bonds. The Hall–Kier alpha value is -2.11. The molecule has 0 radical (unpaired) electrons. The predicted molar refractivity (Wildman–Crippen MR) is 79.0 cm³/mol. The van der Waals surface area contributed by atoms with E-state index in [1.807, 2.05) is 34.6 Å². The summed E-state index contributed by atoms with van der Waals surface area (Å²) in [6, 6.07) is 0. The van der Waals surface area contributed by atoms with Gasteiger partial charge in [0.05, 0.1) is 12.2 Å². The summed E-state index contributed by atoms with van der Waals surface area (Å²) in [5.74, 6) is 3.92. The van der Waals surface area contributed by atoms with Gasteiger partial charge in [-0.05, 0) is 34.6 Å². The highest BCUT2D eigenvalue weighted by Crippen LogP contribution is 2.20. The molecule has 0 aliphatic carbocycles. The van der Waals surface area contributed by atoms with Crippen LogP contribution in [0.2, 0.25) is 0 Å². The third kappa shape index (κ3) is 3.07. The van der Waals surface area contributed by atoms with Gasteiger partial charge >= 0.3 is 0 Å². The molecule has 0 aliphatic rings. The molecule has 2 N–H and O–H groups in total. The largest absolute Gasteiger partial charge is 0.444 e. The molecule has 0 bridgehead atoms. The van der Waals surface area contributed by atoms with Crippen LogP contribution in [0.3, 0.4) is 0 Å². The van der Waals surface area contributed by atoms with Crippen molar-refractivity contribution in [2.24, 2.45) is 0 Å². The molecule has 2 aromatic heterocycles. The Morgan fingerprint density at radius 2 is 1.60 bits per heavy atom. The summed E-state index contributed by atoms with van der Waals surface area (Å²) in [6.45, 7) is 11.1. The molecule has 2 aromatic rings. The van der Waals surface area contributed by atoms with E-state index in [0.717, 1.165) is 41.0 Å². The number of hydrogen-bond donors (Lipinski definition) is 2. The normalized spacial score (nSPS) is 10.7. The molecule has 20 heavy (non-hydrogen) atoms. The van der Waals surface area contributed by atoms with Crippen LogP contribution in [0.5, 0.6) is 0 Å². The van der Waals surface area contributed by atoms with Crippen LogP contribution in [-0.2, 0) is 6.54 Å². The third-order valence-corrected chi connectivity index (χ3v) is 3.08. The number of rotatable bonds is 5. The van der Waals surface area contributed by atoms with Crippen molar-refractivity contribution in [3.63, 3.8) is 0 Å². The van der Waals surface area contributed by atoms with E-state index in [4.69, 9.17) is 4.42 Å². The maximum Gasteiger partial charge on any atom is 0.213 e. The maximum absolute atomic E-state index is 5.55. The molecule has 0 fully saturated rings. The molecule has 0 aromatic carbocycles. The summed E-state index contributed by atoms with van der Waals surface area (Å²) in [5.41, 5.74) is 1.92. The third-order valence-electron chi connectivity index (χ3n) is 3.08. The zero-order valence-electron chi connectivity index (χ0n) is 12.7. The molecule has 2 heterocycles. The molecule has 0 spiro atoms. The van der Waals surface area contributed by atoms with Gasteiger partial charge in [0.25, 0.3) is 0 Å². The Morgan fingerprint density at radius 3 is 2.15 bits per heavy atom. The lowest BCUT2D eigenvalue weighted by Gasteiger charge is -2.12. The molecule has 0 saturated heterocycles. The van der Waals surface area contributed by atoms with Gasteiger partial charge in [-0.15, -0.1) is 0 Å². The fraction of sp³-hybridized carbons (Fsp3) is 0.500. The lowest BCUT2D eigenvalue weighted by molar-refractivity contribution is 0.478. The number of aryl methyl sites for hydroxylation is 3. The minimum absolute atomic E-state index is 0.511. The second-order valence-corrected chi connectivity index (χ2v) is 4.73. The van der Waals surface area contributed by atoms with Crippen LogP contribution in [0.1, 0.15) is 35.7 Å². The number of nitrogens with zero attached hydrogens (tertiary/aromatic N) is 3. The number of aromatic nitrogens is 3. The second kappa shape index (κ2) is 5.90. The molecule has 0 unspecified atom stereocenters. The number of hydrogen-bond acceptors (Lipinski definition) is 6. The van der Waals surface area contributed by atoms with Gasteiger partial charge < -0.3 is 15.1 Å². The molecule has 108 valence electrons. The van der Waals surface area contributed by atoms with Crippen LogP contribution in [0.25, 0.3) is 0 Å². The molecule has 0 aliphatic heterocycles. The van der Waals surface area contributed by atoms with E-state index in [9.17, 15) is 0 Å². The van der Waals surface area contributed by atoms with Crippen molar-refractivity contribution in [1.29, 1.82) is 0 Å². The lowest BCUT2D eigenvalue weighted by Crippen LogP contribution is -2.10. The van der Waals surface area contributed by atoms with E-state index >= 15 is 0 Å². The minimum atomic E-state index is 0.511. The highest BCUT2D eigenvalue weighted by atomic mass is 16.4. The first-order chi connectivity index (χ1) is 9.51. The molecule has 0 saturated carbocycles. The first kappa shape index (κ1) is 14.3. The Kier molecular flexibility index (Phi) is 4.22. The molecule has 0 atom stereocenters. The SMILES string of the molecule is CCNc1nc(C)nc(NCc2nc(C)c(C)o2)c1C. The van der Waals surface area contributed by atoms with Crippen LogP contribution >= 0.6 is 0 Å². The first-order valence-corrected chi connectivity index (χ1v) is 6.77. The quantitative estimate of drug-likeness (QED) is 0.873. The van der Waals surface area contributed by atoms with E-state index in [1.165, 1.54) is 0 Å². The number of anilines is 2. The second-order valence-electron chi connectivity index (χ2n) is 4.73. The van der Waals surface area contributed by atoms with Crippen molar-refractivity contribution in [2.45, 2.75) is 41.2 Å². The van der Waals surface area contributed by atoms with Gasteiger partial charge in [0.1, 0.15) is 23.2 Å². The molecule has 6 nitrogen and oxygen atoms in total. The van der Waals surface area contributed by atoms with Crippen molar-refractivity contribution >= 4 is 11.6 Å². The fourth-order valence-corrected chi connectivity index (χ4v) is 1.91. The van der Waals surface area contributed by atoms with E-state index in [-0.39, 0.29) is 0 Å². The van der Waals surface area contributed by atoms with Gasteiger partial charge in [-0.3, -0.25) is 0 Å². The van der Waals surface area contributed by atoms with E-state index in [1.54, 1.807) is 0 Å². The summed E-state index contributed by atoms with van der Waals surface area (Å²) >= 11 is 0. The van der Waals surface area contributed by atoms with Gasteiger partial charge in [0.2, 0.25) is 5.89 Å². The van der Waals surface area contributed by atoms with Crippen LogP contribution < -0.4 is 10.6 Å². The van der Waals surface area contributed by atoms with Gasteiger partial charge in [-0.2, -0.15) is 0 Å². The van der Waals surface area contributed by atoms with Gasteiger partial charge in [0, 0.05) is 12.1 Å². The topological polar surface area (TPSA) is 75.9 Å². The average Bonchev–Trinajstić information content (AvgIpc) is 2.71. The summed E-state index contributed by atoms with van der Waals surface area (Å²) in [5, 5.41) is 6.50. The minimum Gasteiger partial charge on any atom is -0.444 e. The van der Waals surface area contributed by atoms with Crippen molar-refractivity contribution in [3.8, 4) is 0 Å². The van der Waals surface area contributed by atoms with Crippen LogP contribution in [0.15, 0.2) is 4.42 Å². The number of nitrogens with one attached hydrogen (secondary N) is 2. The van der Waals surface area contributed by atoms with E-state index < -0.39 is 0 Å². The molecular weight excluding hydrogens is 254 g/mol. The zero-order chi connectivity index (χ0) is 14.7. The standard InChI is InChI=1S/C14H21N5O/c1-6-15-13-8(2)14(19-11(5)18-13)16-7-12-17-9(3)10(4)20-12/h6-7H2,1-5H3,(H2,15,16,18,19). The fourth-order valence-electron chi connectivity index (χ4n) is 1.91. The van der Waals surface area contributed by atoms with E-state index in [0.29, 0.717) is 12.4 Å². The van der Waals surface area contributed by atoms with Crippen molar-refractivity contribution < 1.29 is 4.42 Å². The summed E-state index contributed by atoms with van der Waals surface area (Å²) < 4.78 is 5.55. The van der Waals surface area contributed by atoms with Gasteiger partial charge in [-0.1, -0.05) is 0 Å². The zero-order valence-corrected chi connectivity index (χ0v) is 12.7. The average molecular weight is 275 g/mol. The van der Waals surface area contributed by atoms with Crippen LogP contribution in [0, 0.1) is 27.7 Å². The maximum atomic E-state index is 5.55. The van der Waals surface area contributed by atoms with Gasteiger partial charge in [-0.25, -0.2) is 15.0 Å². The van der Waals surface area contributed by atoms with Crippen molar-refractivity contribution in [1.82, 2.24) is 15.0 Å². The Labute approximate surface area is 119 Å². The van der Waals surface area contributed by atoms with Crippen LogP contribution in [-0.4, -0.2) is 21.5 Å². The molecular formula is C14H21N5O. The smallest absolute Gasteiger partial charge is 0.213 e. The highest BCUT2D eigenvalue weighted by Gasteiger charge is 2.10. The Morgan fingerprint density at radius 1 is 0.950 bits per heavy atom. The summed E-state index contributed by atoms with van der Waals surface area (Å²) in [7, 11) is 0. The van der Waals surface area contributed by atoms with E-state index in [2.05, 4.69) is 25.6 Å². The summed E-state index contributed by atoms with van der Waals surface area (Å²) in [4.78, 5) is 13.2. The molecule has 2 rings (SSSR count). The molecule has 6 heteroatoms. The number of oxazole rings is 1. The Balaban J connectivity index is 2.16. The summed E-state index contributed by atoms with van der Waals surface area (Å²) in [6.07, 6.45) is 0. The van der Waals surface area contributed by atoms with Crippen LogP contribution in [0.4, 0.5) is 11.6 Å². The lowest BCUT2D eigenvalue weighted by atomic mass is 10.3. The predicted octanol–water partition coefficient (Wildman–Crippen LogP) is 2.74. The van der Waals surface area contributed by atoms with Crippen molar-refractivity contribution in [3.05, 3.63) is 28.7 Å². The highest BCUT2D eigenvalue weighted by molar-refractivity contribution is 5.57. The monoisotopic (exact) mass is 275 g/mol. The Bertz CT molecular complexity index is 586. The first-order valence-electron chi connectivity index (χ1n) is 6.77. The van der Waals surface area contributed by atoms with Crippen molar-refractivity contribution in [2.75, 3.05) is 17.2 Å². The van der Waals surface area contributed by atoms with Gasteiger partial charge in [0.15, 0.2) is 0 Å².